The Kier molecular flexibility index (Phi) is 11.5. The fourth-order valence-corrected chi connectivity index (χ4v) is 1.71. The maximum absolute atomic E-state index is 11.0. The standard InChI is InChI=1S/C10H19NO3.C7H7NO2/c1-2-3-4-5-8-11-9(12)6-7-10(13)14;8-6-3-1-5(2-4-6)7(9)10/h2-8H2,1H3,(H,11,12)(H,13,14);1-4H,8H2,(H,9,10). The van der Waals surface area contributed by atoms with Crippen molar-refractivity contribution in [2.24, 2.45) is 0 Å². The highest BCUT2D eigenvalue weighted by molar-refractivity contribution is 5.87. The van der Waals surface area contributed by atoms with Gasteiger partial charge in [-0.3, -0.25) is 9.59 Å². The summed E-state index contributed by atoms with van der Waals surface area (Å²) in [6.07, 6.45) is 4.46. The van der Waals surface area contributed by atoms with E-state index in [4.69, 9.17) is 15.9 Å². The van der Waals surface area contributed by atoms with Gasteiger partial charge in [-0.2, -0.15) is 0 Å². The zero-order chi connectivity index (χ0) is 18.4. The van der Waals surface area contributed by atoms with Crippen molar-refractivity contribution in [3.05, 3.63) is 29.8 Å². The van der Waals surface area contributed by atoms with E-state index in [-0.39, 0.29) is 24.3 Å². The fourth-order valence-electron chi connectivity index (χ4n) is 1.71. The van der Waals surface area contributed by atoms with Gasteiger partial charge in [0.15, 0.2) is 0 Å². The zero-order valence-electron chi connectivity index (χ0n) is 14.0. The minimum absolute atomic E-state index is 0.0825. The van der Waals surface area contributed by atoms with E-state index >= 15 is 0 Å². The van der Waals surface area contributed by atoms with Crippen molar-refractivity contribution in [1.29, 1.82) is 0 Å². The lowest BCUT2D eigenvalue weighted by atomic mass is 10.2. The van der Waals surface area contributed by atoms with Crippen LogP contribution in [0.15, 0.2) is 24.3 Å². The molecule has 0 saturated carbocycles. The molecule has 0 spiro atoms. The number of carboxylic acids is 2. The molecule has 1 amide bonds. The Morgan fingerprint density at radius 2 is 1.62 bits per heavy atom. The molecule has 0 aliphatic carbocycles. The molecule has 0 unspecified atom stereocenters. The summed E-state index contributed by atoms with van der Waals surface area (Å²) in [5, 5.41) is 19.5. The van der Waals surface area contributed by atoms with E-state index < -0.39 is 11.9 Å². The highest BCUT2D eigenvalue weighted by Gasteiger charge is 2.03. The van der Waals surface area contributed by atoms with Crippen LogP contribution >= 0.6 is 0 Å². The number of amides is 1. The van der Waals surface area contributed by atoms with Gasteiger partial charge in [0.25, 0.3) is 0 Å². The SMILES string of the molecule is CCCCCCNC(=O)CCC(=O)O.Nc1ccc(C(=O)O)cc1. The van der Waals surface area contributed by atoms with Crippen LogP contribution in [0.5, 0.6) is 0 Å². The highest BCUT2D eigenvalue weighted by Crippen LogP contribution is 2.04. The molecule has 0 aliphatic rings. The van der Waals surface area contributed by atoms with E-state index in [0.29, 0.717) is 12.2 Å². The van der Waals surface area contributed by atoms with E-state index in [0.717, 1.165) is 12.8 Å². The minimum Gasteiger partial charge on any atom is -0.481 e. The first kappa shape index (κ1) is 21.4. The predicted molar refractivity (Wildman–Crippen MR) is 91.8 cm³/mol. The molecule has 1 rings (SSSR count). The van der Waals surface area contributed by atoms with E-state index in [9.17, 15) is 14.4 Å². The zero-order valence-corrected chi connectivity index (χ0v) is 14.0. The van der Waals surface area contributed by atoms with Crippen LogP contribution in [0.25, 0.3) is 0 Å². The Labute approximate surface area is 141 Å². The first-order valence-corrected chi connectivity index (χ1v) is 7.94. The van der Waals surface area contributed by atoms with Crippen LogP contribution < -0.4 is 11.1 Å². The maximum Gasteiger partial charge on any atom is 0.335 e. The molecule has 134 valence electrons. The van der Waals surface area contributed by atoms with Gasteiger partial charge in [0.05, 0.1) is 12.0 Å². The number of aliphatic carboxylic acids is 1. The van der Waals surface area contributed by atoms with E-state index in [2.05, 4.69) is 12.2 Å². The third kappa shape index (κ3) is 12.0. The Hall–Kier alpha value is -2.57. The van der Waals surface area contributed by atoms with Gasteiger partial charge < -0.3 is 21.3 Å². The Morgan fingerprint density at radius 1 is 1.00 bits per heavy atom. The molecule has 24 heavy (non-hydrogen) atoms. The van der Waals surface area contributed by atoms with Gasteiger partial charge in [0, 0.05) is 18.7 Å². The first-order valence-electron chi connectivity index (χ1n) is 7.94. The number of aromatic carboxylic acids is 1. The summed E-state index contributed by atoms with van der Waals surface area (Å²) in [6, 6.07) is 6.06. The van der Waals surface area contributed by atoms with Crippen molar-refractivity contribution in [2.45, 2.75) is 45.4 Å². The molecule has 0 saturated heterocycles. The Morgan fingerprint density at radius 3 is 2.12 bits per heavy atom. The molecule has 0 atom stereocenters. The number of nitrogen functional groups attached to an aromatic ring is 1. The summed E-state index contributed by atoms with van der Waals surface area (Å²) in [6.45, 7) is 2.80. The second-order valence-electron chi connectivity index (χ2n) is 5.23. The Balaban J connectivity index is 0.000000463. The van der Waals surface area contributed by atoms with E-state index in [1.165, 1.54) is 25.0 Å². The number of carbonyl (C=O) groups excluding carboxylic acids is 1. The predicted octanol–water partition coefficient (Wildman–Crippen LogP) is 2.51. The topological polar surface area (TPSA) is 130 Å². The first-order chi connectivity index (χ1) is 11.4. The molecule has 0 radical (unpaired) electrons. The van der Waals surface area contributed by atoms with Gasteiger partial charge in [0.2, 0.25) is 5.91 Å². The summed E-state index contributed by atoms with van der Waals surface area (Å²) in [7, 11) is 0. The molecule has 0 heterocycles. The van der Waals surface area contributed by atoms with E-state index in [1.807, 2.05) is 0 Å². The van der Waals surface area contributed by atoms with Crippen molar-refractivity contribution >= 4 is 23.5 Å². The number of hydrogen-bond acceptors (Lipinski definition) is 4. The molecule has 5 N–H and O–H groups in total. The summed E-state index contributed by atoms with van der Waals surface area (Å²) in [5.41, 5.74) is 6.17. The van der Waals surface area contributed by atoms with Crippen LogP contribution in [0.4, 0.5) is 5.69 Å². The van der Waals surface area contributed by atoms with Crippen LogP contribution in [0, 0.1) is 0 Å². The number of hydrogen-bond donors (Lipinski definition) is 4. The molecule has 0 aliphatic heterocycles. The number of carbonyl (C=O) groups is 3. The van der Waals surface area contributed by atoms with Gasteiger partial charge in [-0.15, -0.1) is 0 Å². The monoisotopic (exact) mass is 338 g/mol. The Bertz CT molecular complexity index is 514. The molecule has 1 aromatic carbocycles. The molecule has 0 fully saturated rings. The molecule has 7 nitrogen and oxygen atoms in total. The quantitative estimate of drug-likeness (QED) is 0.404. The van der Waals surface area contributed by atoms with Gasteiger partial charge in [-0.25, -0.2) is 4.79 Å². The number of unbranched alkanes of at least 4 members (excludes halogenated alkanes) is 3. The third-order valence-electron chi connectivity index (χ3n) is 3.08. The third-order valence-corrected chi connectivity index (χ3v) is 3.08. The lowest BCUT2D eigenvalue weighted by Crippen LogP contribution is -2.24. The van der Waals surface area contributed by atoms with Gasteiger partial charge in [-0.1, -0.05) is 26.2 Å². The summed E-state index contributed by atoms with van der Waals surface area (Å²) in [5.74, 6) is -2.02. The highest BCUT2D eigenvalue weighted by atomic mass is 16.4. The van der Waals surface area contributed by atoms with Gasteiger partial charge in [-0.05, 0) is 30.7 Å². The molecule has 1 aromatic rings. The summed E-state index contributed by atoms with van der Waals surface area (Å²) >= 11 is 0. The van der Waals surface area contributed by atoms with Crippen molar-refractivity contribution in [2.75, 3.05) is 12.3 Å². The van der Waals surface area contributed by atoms with Gasteiger partial charge >= 0.3 is 11.9 Å². The van der Waals surface area contributed by atoms with Crippen molar-refractivity contribution in [3.63, 3.8) is 0 Å². The molecular weight excluding hydrogens is 312 g/mol. The lowest BCUT2D eigenvalue weighted by Gasteiger charge is -2.03. The molecule has 0 bridgehead atoms. The summed E-state index contributed by atoms with van der Waals surface area (Å²) < 4.78 is 0. The average Bonchev–Trinajstić information content (AvgIpc) is 2.54. The maximum atomic E-state index is 11.0. The van der Waals surface area contributed by atoms with Crippen molar-refractivity contribution in [1.82, 2.24) is 5.32 Å². The van der Waals surface area contributed by atoms with Crippen LogP contribution in [-0.4, -0.2) is 34.6 Å². The number of rotatable bonds is 9. The summed E-state index contributed by atoms with van der Waals surface area (Å²) in [4.78, 5) is 31.4. The smallest absolute Gasteiger partial charge is 0.335 e. The van der Waals surface area contributed by atoms with E-state index in [1.54, 1.807) is 12.1 Å². The van der Waals surface area contributed by atoms with Crippen molar-refractivity contribution < 1.29 is 24.6 Å². The molecular formula is C17H26N2O5. The van der Waals surface area contributed by atoms with Crippen molar-refractivity contribution in [3.8, 4) is 0 Å². The largest absolute Gasteiger partial charge is 0.481 e. The van der Waals surface area contributed by atoms with Crippen LogP contribution in [0.1, 0.15) is 55.8 Å². The second kappa shape index (κ2) is 12.9. The number of anilines is 1. The number of nitrogens with one attached hydrogen (secondary N) is 1. The van der Waals surface area contributed by atoms with Gasteiger partial charge in [0.1, 0.15) is 0 Å². The number of benzene rings is 1. The number of carboxylic acid groups (broad SMARTS) is 2. The van der Waals surface area contributed by atoms with Crippen LogP contribution in [0.3, 0.4) is 0 Å². The fraction of sp³-hybridized carbons (Fsp3) is 0.471. The lowest BCUT2D eigenvalue weighted by molar-refractivity contribution is -0.138. The molecule has 7 heteroatoms. The van der Waals surface area contributed by atoms with Crippen LogP contribution in [0.2, 0.25) is 0 Å². The average molecular weight is 338 g/mol. The minimum atomic E-state index is -0.931. The molecule has 0 aromatic heterocycles. The second-order valence-corrected chi connectivity index (χ2v) is 5.23. The normalized spacial score (nSPS) is 9.54. The number of nitrogens with two attached hydrogens (primary N) is 1. The van der Waals surface area contributed by atoms with Crippen LogP contribution in [-0.2, 0) is 9.59 Å².